The SMILES string of the molecule is CN(CCOc1ccccc1)C(=O)NCc1cccc(C(N)=O)c1. The number of hydrogen-bond acceptors (Lipinski definition) is 3. The zero-order chi connectivity index (χ0) is 17.4. The normalized spacial score (nSPS) is 10.0. The zero-order valence-electron chi connectivity index (χ0n) is 13.6. The third-order valence-corrected chi connectivity index (χ3v) is 3.44. The summed E-state index contributed by atoms with van der Waals surface area (Å²) in [6.07, 6.45) is 0. The number of nitrogens with one attached hydrogen (secondary N) is 1. The number of urea groups is 1. The Hall–Kier alpha value is -3.02. The number of primary amides is 1. The number of nitrogens with zero attached hydrogens (tertiary/aromatic N) is 1. The number of ether oxygens (including phenoxy) is 1. The largest absolute Gasteiger partial charge is 0.492 e. The first-order chi connectivity index (χ1) is 11.6. The molecule has 0 saturated carbocycles. The van der Waals surface area contributed by atoms with Crippen LogP contribution in [0.5, 0.6) is 5.75 Å². The first-order valence-corrected chi connectivity index (χ1v) is 7.62. The van der Waals surface area contributed by atoms with Crippen molar-refractivity contribution in [1.29, 1.82) is 0 Å². The molecule has 0 bridgehead atoms. The third kappa shape index (κ3) is 5.31. The lowest BCUT2D eigenvalue weighted by Gasteiger charge is -2.18. The smallest absolute Gasteiger partial charge is 0.317 e. The molecule has 0 aliphatic heterocycles. The molecular formula is C18H21N3O3. The highest BCUT2D eigenvalue weighted by Gasteiger charge is 2.08. The van der Waals surface area contributed by atoms with Crippen molar-refractivity contribution < 1.29 is 14.3 Å². The van der Waals surface area contributed by atoms with Crippen molar-refractivity contribution in [3.8, 4) is 5.75 Å². The lowest BCUT2D eigenvalue weighted by Crippen LogP contribution is -2.39. The van der Waals surface area contributed by atoms with Gasteiger partial charge in [-0.15, -0.1) is 0 Å². The summed E-state index contributed by atoms with van der Waals surface area (Å²) < 4.78 is 5.56. The van der Waals surface area contributed by atoms with Crippen LogP contribution in [0.2, 0.25) is 0 Å². The number of carbonyl (C=O) groups excluding carboxylic acids is 2. The number of rotatable bonds is 7. The van der Waals surface area contributed by atoms with Gasteiger partial charge in [0.25, 0.3) is 0 Å². The summed E-state index contributed by atoms with van der Waals surface area (Å²) in [5, 5.41) is 2.79. The van der Waals surface area contributed by atoms with Crippen molar-refractivity contribution in [1.82, 2.24) is 10.2 Å². The van der Waals surface area contributed by atoms with E-state index in [1.54, 1.807) is 30.1 Å². The van der Waals surface area contributed by atoms with Gasteiger partial charge in [0.05, 0.1) is 6.54 Å². The number of carbonyl (C=O) groups is 2. The second-order valence-corrected chi connectivity index (χ2v) is 5.31. The van der Waals surface area contributed by atoms with Gasteiger partial charge in [0, 0.05) is 19.2 Å². The average Bonchev–Trinajstić information content (AvgIpc) is 2.60. The van der Waals surface area contributed by atoms with Crippen molar-refractivity contribution in [2.24, 2.45) is 5.73 Å². The summed E-state index contributed by atoms with van der Waals surface area (Å²) in [5.41, 5.74) is 6.48. The van der Waals surface area contributed by atoms with Crippen LogP contribution >= 0.6 is 0 Å². The summed E-state index contributed by atoms with van der Waals surface area (Å²) in [6.45, 7) is 1.19. The molecule has 0 saturated heterocycles. The second-order valence-electron chi connectivity index (χ2n) is 5.31. The van der Waals surface area contributed by atoms with E-state index in [-0.39, 0.29) is 6.03 Å². The molecule has 0 aromatic heterocycles. The van der Waals surface area contributed by atoms with E-state index in [0.29, 0.717) is 25.3 Å². The number of amides is 3. The minimum absolute atomic E-state index is 0.212. The van der Waals surface area contributed by atoms with Crippen molar-refractivity contribution in [2.75, 3.05) is 20.2 Å². The third-order valence-electron chi connectivity index (χ3n) is 3.44. The highest BCUT2D eigenvalue weighted by molar-refractivity contribution is 5.92. The number of para-hydroxylation sites is 1. The fourth-order valence-electron chi connectivity index (χ4n) is 2.07. The van der Waals surface area contributed by atoms with Crippen LogP contribution in [0, 0.1) is 0 Å². The first kappa shape index (κ1) is 17.3. The highest BCUT2D eigenvalue weighted by atomic mass is 16.5. The zero-order valence-corrected chi connectivity index (χ0v) is 13.6. The van der Waals surface area contributed by atoms with Crippen LogP contribution < -0.4 is 15.8 Å². The summed E-state index contributed by atoms with van der Waals surface area (Å²) >= 11 is 0. The number of likely N-dealkylation sites (N-methyl/N-ethyl adjacent to an activating group) is 1. The Morgan fingerprint density at radius 1 is 1.12 bits per heavy atom. The Morgan fingerprint density at radius 3 is 2.58 bits per heavy atom. The number of hydrogen-bond donors (Lipinski definition) is 2. The monoisotopic (exact) mass is 327 g/mol. The Kier molecular flexibility index (Phi) is 6.19. The Morgan fingerprint density at radius 2 is 1.88 bits per heavy atom. The van der Waals surface area contributed by atoms with E-state index in [9.17, 15) is 9.59 Å². The topological polar surface area (TPSA) is 84.7 Å². The maximum absolute atomic E-state index is 12.0. The molecule has 126 valence electrons. The molecule has 2 rings (SSSR count). The molecule has 3 amide bonds. The van der Waals surface area contributed by atoms with Gasteiger partial charge in [-0.3, -0.25) is 4.79 Å². The van der Waals surface area contributed by atoms with Gasteiger partial charge in [-0.05, 0) is 29.8 Å². The average molecular weight is 327 g/mol. The molecule has 3 N–H and O–H groups in total. The highest BCUT2D eigenvalue weighted by Crippen LogP contribution is 2.08. The minimum atomic E-state index is -0.488. The van der Waals surface area contributed by atoms with E-state index >= 15 is 0 Å². The Bertz CT molecular complexity index is 689. The molecule has 0 radical (unpaired) electrons. The summed E-state index contributed by atoms with van der Waals surface area (Å²) in [4.78, 5) is 24.7. The molecule has 24 heavy (non-hydrogen) atoms. The fraction of sp³-hybridized carbons (Fsp3) is 0.222. The van der Waals surface area contributed by atoms with Crippen LogP contribution in [-0.2, 0) is 6.54 Å². The molecule has 0 fully saturated rings. The van der Waals surface area contributed by atoms with Crippen LogP contribution in [0.4, 0.5) is 4.79 Å². The van der Waals surface area contributed by atoms with E-state index < -0.39 is 5.91 Å². The standard InChI is InChI=1S/C18H21N3O3/c1-21(10-11-24-16-8-3-2-4-9-16)18(23)20-13-14-6-5-7-15(12-14)17(19)22/h2-9,12H,10-11,13H2,1H3,(H2,19,22)(H,20,23). The molecule has 0 aliphatic carbocycles. The van der Waals surface area contributed by atoms with Gasteiger partial charge in [0.15, 0.2) is 0 Å². The van der Waals surface area contributed by atoms with Crippen molar-refractivity contribution in [3.05, 3.63) is 65.7 Å². The molecule has 6 nitrogen and oxygen atoms in total. The Balaban J connectivity index is 1.75. The van der Waals surface area contributed by atoms with Crippen LogP contribution in [0.3, 0.4) is 0 Å². The van der Waals surface area contributed by atoms with Crippen LogP contribution in [0.15, 0.2) is 54.6 Å². The maximum atomic E-state index is 12.0. The molecule has 0 aliphatic rings. The number of benzene rings is 2. The van der Waals surface area contributed by atoms with E-state index in [0.717, 1.165) is 11.3 Å². The molecular weight excluding hydrogens is 306 g/mol. The molecule has 2 aromatic rings. The van der Waals surface area contributed by atoms with E-state index in [4.69, 9.17) is 10.5 Å². The van der Waals surface area contributed by atoms with Gasteiger partial charge in [-0.25, -0.2) is 4.79 Å². The molecule has 0 heterocycles. The predicted octanol–water partition coefficient (Wildman–Crippen LogP) is 2.01. The van der Waals surface area contributed by atoms with Gasteiger partial charge >= 0.3 is 6.03 Å². The van der Waals surface area contributed by atoms with Gasteiger partial charge < -0.3 is 20.7 Å². The molecule has 0 atom stereocenters. The van der Waals surface area contributed by atoms with Crippen LogP contribution in [0.1, 0.15) is 15.9 Å². The lowest BCUT2D eigenvalue weighted by atomic mass is 10.1. The van der Waals surface area contributed by atoms with Gasteiger partial charge in [0.1, 0.15) is 12.4 Å². The predicted molar refractivity (Wildman–Crippen MR) is 91.8 cm³/mol. The second kappa shape index (κ2) is 8.57. The first-order valence-electron chi connectivity index (χ1n) is 7.62. The number of nitrogens with two attached hydrogens (primary N) is 1. The molecule has 2 aromatic carbocycles. The van der Waals surface area contributed by atoms with Gasteiger partial charge in [-0.1, -0.05) is 30.3 Å². The Labute approximate surface area is 141 Å². The van der Waals surface area contributed by atoms with Crippen LogP contribution in [-0.4, -0.2) is 37.0 Å². The fourth-order valence-corrected chi connectivity index (χ4v) is 2.07. The quantitative estimate of drug-likeness (QED) is 0.816. The van der Waals surface area contributed by atoms with Crippen LogP contribution in [0.25, 0.3) is 0 Å². The van der Waals surface area contributed by atoms with Gasteiger partial charge in [0.2, 0.25) is 5.91 Å². The molecule has 6 heteroatoms. The summed E-state index contributed by atoms with van der Waals surface area (Å²) in [7, 11) is 1.70. The van der Waals surface area contributed by atoms with Gasteiger partial charge in [-0.2, -0.15) is 0 Å². The van der Waals surface area contributed by atoms with E-state index in [2.05, 4.69) is 5.32 Å². The summed E-state index contributed by atoms with van der Waals surface area (Å²) in [6, 6.07) is 16.1. The molecule has 0 spiro atoms. The minimum Gasteiger partial charge on any atom is -0.492 e. The molecule has 0 unspecified atom stereocenters. The lowest BCUT2D eigenvalue weighted by molar-refractivity contribution is 0.1000. The van der Waals surface area contributed by atoms with Crippen molar-refractivity contribution in [2.45, 2.75) is 6.54 Å². The summed E-state index contributed by atoms with van der Waals surface area (Å²) in [5.74, 6) is 0.285. The van der Waals surface area contributed by atoms with E-state index in [1.165, 1.54) is 0 Å². The maximum Gasteiger partial charge on any atom is 0.317 e. The van der Waals surface area contributed by atoms with Crippen molar-refractivity contribution >= 4 is 11.9 Å². The van der Waals surface area contributed by atoms with E-state index in [1.807, 2.05) is 36.4 Å². The van der Waals surface area contributed by atoms with Crippen molar-refractivity contribution in [3.63, 3.8) is 0 Å².